The highest BCUT2D eigenvalue weighted by atomic mass is 16.5. The summed E-state index contributed by atoms with van der Waals surface area (Å²) in [5.74, 6) is -0.668. The van der Waals surface area contributed by atoms with Crippen molar-refractivity contribution < 1.29 is 33.4 Å². The Hall–Kier alpha value is -3.43. The SMILES string of the molecule is CCCCCCCCC(CCCCCC)C(=O)OCCCCCCNC(=O)CCC(NC(=O)CCc1ccccc1)C(=O)NCCCCCCOC(=O)C(CCCCCC)CCCCCCCC. The van der Waals surface area contributed by atoms with Crippen LogP contribution in [0.4, 0.5) is 0 Å². The molecule has 0 aliphatic carbocycles. The van der Waals surface area contributed by atoms with Gasteiger partial charge in [0.15, 0.2) is 0 Å². The molecule has 3 N–H and O–H groups in total. The van der Waals surface area contributed by atoms with Crippen LogP contribution in [0.1, 0.15) is 258 Å². The zero-order valence-corrected chi connectivity index (χ0v) is 44.3. The molecule has 0 aliphatic rings. The highest BCUT2D eigenvalue weighted by molar-refractivity contribution is 5.88. The lowest BCUT2D eigenvalue weighted by Crippen LogP contribution is -2.47. The molecule has 3 unspecified atom stereocenters. The first-order chi connectivity index (χ1) is 33.2. The Morgan fingerprint density at radius 1 is 0.426 bits per heavy atom. The van der Waals surface area contributed by atoms with E-state index in [0.29, 0.717) is 32.7 Å². The van der Waals surface area contributed by atoms with E-state index >= 15 is 0 Å². The summed E-state index contributed by atoms with van der Waals surface area (Å²) in [6, 6.07) is 8.98. The average molecular weight is 954 g/mol. The number of hydrogen-bond acceptors (Lipinski definition) is 7. The number of nitrogens with one attached hydrogen (secondary N) is 3. The van der Waals surface area contributed by atoms with Gasteiger partial charge in [0, 0.05) is 25.9 Å². The number of benzene rings is 1. The molecular weight excluding hydrogens is 851 g/mol. The molecule has 0 spiro atoms. The van der Waals surface area contributed by atoms with E-state index in [1.807, 2.05) is 30.3 Å². The van der Waals surface area contributed by atoms with E-state index in [1.54, 1.807) is 0 Å². The van der Waals surface area contributed by atoms with Gasteiger partial charge >= 0.3 is 11.9 Å². The number of hydrogen-bond donors (Lipinski definition) is 3. The quantitative estimate of drug-likeness (QED) is 0.0436. The monoisotopic (exact) mass is 954 g/mol. The maximum Gasteiger partial charge on any atom is 0.308 e. The summed E-state index contributed by atoms with van der Waals surface area (Å²) < 4.78 is 11.5. The molecule has 3 atom stereocenters. The highest BCUT2D eigenvalue weighted by Crippen LogP contribution is 2.22. The standard InChI is InChI=1S/C58H103N3O7/c1-5-9-13-17-19-30-40-51(38-28-15-11-7-3)57(65)67-48-34-23-21-32-46-59-54(62)45-43-53(61-55(63)44-42-50-36-26-25-27-37-50)56(64)60-47-33-22-24-35-49-68-58(66)52(39-29-16-12-8-4)41-31-20-18-14-10-6-2/h25-27,36-37,51-53H,5-24,28-35,38-49H2,1-4H3,(H,59,62)(H,60,64)(H,61,63). The van der Waals surface area contributed by atoms with Gasteiger partial charge in [0.1, 0.15) is 6.04 Å². The number of amides is 3. The fraction of sp³-hybridized carbons (Fsp3) is 0.810. The smallest absolute Gasteiger partial charge is 0.308 e. The Kier molecular flexibility index (Phi) is 42.3. The van der Waals surface area contributed by atoms with Crippen molar-refractivity contribution in [1.29, 1.82) is 0 Å². The van der Waals surface area contributed by atoms with E-state index < -0.39 is 6.04 Å². The molecule has 0 bridgehead atoms. The van der Waals surface area contributed by atoms with Gasteiger partial charge in [-0.1, -0.05) is 199 Å². The van der Waals surface area contributed by atoms with Crippen LogP contribution in [0.5, 0.6) is 0 Å². The first-order valence-corrected chi connectivity index (χ1v) is 28.5. The molecule has 3 amide bonds. The second-order valence-electron chi connectivity index (χ2n) is 19.7. The van der Waals surface area contributed by atoms with Crippen LogP contribution in [0.25, 0.3) is 0 Å². The Balaban J connectivity index is 2.46. The Morgan fingerprint density at radius 3 is 1.29 bits per heavy atom. The van der Waals surface area contributed by atoms with E-state index in [0.717, 1.165) is 108 Å². The minimum atomic E-state index is -0.806. The molecule has 0 aliphatic heterocycles. The third-order valence-electron chi connectivity index (χ3n) is 13.3. The van der Waals surface area contributed by atoms with E-state index in [9.17, 15) is 24.0 Å². The van der Waals surface area contributed by atoms with Gasteiger partial charge in [0.05, 0.1) is 25.0 Å². The average Bonchev–Trinajstić information content (AvgIpc) is 3.34. The molecule has 1 rings (SSSR count). The van der Waals surface area contributed by atoms with Gasteiger partial charge in [-0.05, 0) is 82.6 Å². The summed E-state index contributed by atoms with van der Waals surface area (Å²) in [7, 11) is 0. The van der Waals surface area contributed by atoms with Gasteiger partial charge in [0.25, 0.3) is 0 Å². The topological polar surface area (TPSA) is 140 Å². The van der Waals surface area contributed by atoms with Crippen LogP contribution in [-0.4, -0.2) is 62.0 Å². The van der Waals surface area contributed by atoms with Gasteiger partial charge in [-0.15, -0.1) is 0 Å². The molecule has 1 aromatic rings. The van der Waals surface area contributed by atoms with Gasteiger partial charge in [-0.3, -0.25) is 24.0 Å². The number of aryl methyl sites for hydroxylation is 1. The van der Waals surface area contributed by atoms with E-state index in [-0.39, 0.29) is 60.8 Å². The number of unbranched alkanes of at least 4 members (excludes halogenated alkanes) is 22. The summed E-state index contributed by atoms with van der Waals surface area (Å²) in [6.45, 7) is 10.8. The molecule has 0 saturated heterocycles. The van der Waals surface area contributed by atoms with Crippen molar-refractivity contribution in [1.82, 2.24) is 16.0 Å². The number of rotatable bonds is 48. The number of carbonyl (C=O) groups is 5. The van der Waals surface area contributed by atoms with Gasteiger partial charge < -0.3 is 25.4 Å². The zero-order chi connectivity index (χ0) is 49.6. The largest absolute Gasteiger partial charge is 0.465 e. The Bertz CT molecular complexity index is 1370. The van der Waals surface area contributed by atoms with Gasteiger partial charge in [-0.25, -0.2) is 0 Å². The molecule has 0 saturated carbocycles. The lowest BCUT2D eigenvalue weighted by molar-refractivity contribution is -0.150. The van der Waals surface area contributed by atoms with Crippen LogP contribution < -0.4 is 16.0 Å². The van der Waals surface area contributed by atoms with Crippen molar-refractivity contribution in [2.75, 3.05) is 26.3 Å². The Morgan fingerprint density at radius 2 is 0.824 bits per heavy atom. The summed E-state index contributed by atoms with van der Waals surface area (Å²) in [6.07, 6.45) is 35.7. The second-order valence-corrected chi connectivity index (χ2v) is 19.7. The predicted octanol–water partition coefficient (Wildman–Crippen LogP) is 14.0. The first kappa shape index (κ1) is 62.6. The van der Waals surface area contributed by atoms with E-state index in [4.69, 9.17) is 9.47 Å². The molecule has 0 fully saturated rings. The van der Waals surface area contributed by atoms with Crippen LogP contribution in [0, 0.1) is 11.8 Å². The van der Waals surface area contributed by atoms with E-state index in [1.165, 1.54) is 103 Å². The van der Waals surface area contributed by atoms with E-state index in [2.05, 4.69) is 43.6 Å². The highest BCUT2D eigenvalue weighted by Gasteiger charge is 2.23. The Labute approximate surface area is 416 Å². The maximum atomic E-state index is 13.4. The molecule has 1 aromatic carbocycles. The van der Waals surface area contributed by atoms with Crippen LogP contribution >= 0.6 is 0 Å². The molecule has 0 radical (unpaired) electrons. The van der Waals surface area contributed by atoms with Crippen molar-refractivity contribution in [3.63, 3.8) is 0 Å². The number of carbonyl (C=O) groups excluding carboxylic acids is 5. The lowest BCUT2D eigenvalue weighted by atomic mass is 9.94. The minimum Gasteiger partial charge on any atom is -0.465 e. The number of esters is 2. The fourth-order valence-corrected chi connectivity index (χ4v) is 8.84. The molecule has 392 valence electrons. The summed E-state index contributed by atoms with van der Waals surface area (Å²) in [4.78, 5) is 65.2. The van der Waals surface area contributed by atoms with Crippen molar-refractivity contribution in [2.45, 2.75) is 265 Å². The predicted molar refractivity (Wildman–Crippen MR) is 281 cm³/mol. The summed E-state index contributed by atoms with van der Waals surface area (Å²) >= 11 is 0. The molecule has 0 aromatic heterocycles. The van der Waals surface area contributed by atoms with Crippen molar-refractivity contribution >= 4 is 29.7 Å². The van der Waals surface area contributed by atoms with Crippen molar-refractivity contribution in [2.24, 2.45) is 11.8 Å². The molecule has 0 heterocycles. The summed E-state index contributed by atoms with van der Waals surface area (Å²) in [5.41, 5.74) is 1.05. The minimum absolute atomic E-state index is 0.00840. The third-order valence-corrected chi connectivity index (χ3v) is 13.3. The van der Waals surface area contributed by atoms with Crippen molar-refractivity contribution in [3.05, 3.63) is 35.9 Å². The van der Waals surface area contributed by atoms with Crippen LogP contribution in [0.2, 0.25) is 0 Å². The van der Waals surface area contributed by atoms with Crippen LogP contribution in [-0.2, 0) is 39.9 Å². The van der Waals surface area contributed by atoms with Crippen LogP contribution in [0.3, 0.4) is 0 Å². The third kappa shape index (κ3) is 36.5. The molecule has 68 heavy (non-hydrogen) atoms. The van der Waals surface area contributed by atoms with Gasteiger partial charge in [0.2, 0.25) is 17.7 Å². The first-order valence-electron chi connectivity index (χ1n) is 28.5. The molecular formula is C58H103N3O7. The number of ether oxygens (including phenoxy) is 2. The second kappa shape index (κ2) is 46.0. The van der Waals surface area contributed by atoms with Crippen molar-refractivity contribution in [3.8, 4) is 0 Å². The maximum absolute atomic E-state index is 13.4. The normalized spacial score (nSPS) is 12.5. The van der Waals surface area contributed by atoms with Crippen LogP contribution in [0.15, 0.2) is 30.3 Å². The zero-order valence-electron chi connectivity index (χ0n) is 44.3. The summed E-state index contributed by atoms with van der Waals surface area (Å²) in [5, 5.41) is 8.88. The fourth-order valence-electron chi connectivity index (χ4n) is 8.84. The molecule has 10 nitrogen and oxygen atoms in total. The molecule has 10 heteroatoms. The van der Waals surface area contributed by atoms with Gasteiger partial charge in [-0.2, -0.15) is 0 Å². The lowest BCUT2D eigenvalue weighted by Gasteiger charge is -2.19.